The van der Waals surface area contributed by atoms with Gasteiger partial charge in [0.1, 0.15) is 5.03 Å². The molecule has 0 saturated carbocycles. The lowest BCUT2D eigenvalue weighted by atomic mass is 10.1. The van der Waals surface area contributed by atoms with Crippen LogP contribution in [0.3, 0.4) is 0 Å². The summed E-state index contributed by atoms with van der Waals surface area (Å²) in [6, 6.07) is 10.7. The number of rotatable bonds is 6. The van der Waals surface area contributed by atoms with Gasteiger partial charge in [-0.25, -0.2) is 4.98 Å². The summed E-state index contributed by atoms with van der Waals surface area (Å²) in [5.74, 6) is 0.684. The van der Waals surface area contributed by atoms with E-state index in [1.807, 2.05) is 18.3 Å². The smallest absolute Gasteiger partial charge is 0.101 e. The van der Waals surface area contributed by atoms with Crippen molar-refractivity contribution in [1.82, 2.24) is 10.3 Å². The van der Waals surface area contributed by atoms with Crippen molar-refractivity contribution in [1.29, 1.82) is 0 Å². The van der Waals surface area contributed by atoms with Crippen LogP contribution in [0.5, 0.6) is 0 Å². The van der Waals surface area contributed by atoms with Gasteiger partial charge in [-0.3, -0.25) is 0 Å². The van der Waals surface area contributed by atoms with Gasteiger partial charge >= 0.3 is 0 Å². The maximum atomic E-state index is 4.40. The lowest BCUT2D eigenvalue weighted by Crippen LogP contribution is -2.19. The number of nitrogens with one attached hydrogen (secondary N) is 1. The Morgan fingerprint density at radius 3 is 2.67 bits per heavy atom. The normalized spacial score (nSPS) is 11.1. The molecule has 0 aliphatic rings. The molecule has 2 nitrogen and oxygen atoms in total. The van der Waals surface area contributed by atoms with Crippen LogP contribution in [0.15, 0.2) is 50.9 Å². The fourth-order valence-electron chi connectivity index (χ4n) is 1.97. The van der Waals surface area contributed by atoms with Gasteiger partial charge in [0.15, 0.2) is 0 Å². The molecule has 112 valence electrons. The summed E-state index contributed by atoms with van der Waals surface area (Å²) in [6.07, 6.45) is 1.83. The van der Waals surface area contributed by atoms with Gasteiger partial charge in [0.25, 0.3) is 0 Å². The molecular formula is C17H21BrN2S. The Kier molecular flexibility index (Phi) is 6.27. The van der Waals surface area contributed by atoms with Crippen LogP contribution >= 0.6 is 27.7 Å². The van der Waals surface area contributed by atoms with Crippen molar-refractivity contribution >= 4 is 27.7 Å². The summed E-state index contributed by atoms with van der Waals surface area (Å²) in [7, 11) is 0. The van der Waals surface area contributed by atoms with Crippen molar-refractivity contribution in [2.24, 2.45) is 5.92 Å². The minimum absolute atomic E-state index is 0.684. The minimum Gasteiger partial charge on any atom is -0.312 e. The maximum Gasteiger partial charge on any atom is 0.101 e. The number of benzene rings is 1. The van der Waals surface area contributed by atoms with Gasteiger partial charge in [-0.15, -0.1) is 0 Å². The van der Waals surface area contributed by atoms with Crippen LogP contribution < -0.4 is 5.32 Å². The first-order valence-corrected chi connectivity index (χ1v) is 8.75. The van der Waals surface area contributed by atoms with Crippen LogP contribution in [-0.2, 0) is 6.54 Å². The SMILES string of the molecule is Cc1cc(Sc2ccc(Br)cn2)ccc1CNCC(C)C. The van der Waals surface area contributed by atoms with Crippen molar-refractivity contribution < 1.29 is 0 Å². The van der Waals surface area contributed by atoms with Crippen LogP contribution in [-0.4, -0.2) is 11.5 Å². The lowest BCUT2D eigenvalue weighted by molar-refractivity contribution is 0.551. The predicted molar refractivity (Wildman–Crippen MR) is 93.8 cm³/mol. The average molecular weight is 365 g/mol. The van der Waals surface area contributed by atoms with E-state index in [-0.39, 0.29) is 0 Å². The van der Waals surface area contributed by atoms with Crippen LogP contribution in [0, 0.1) is 12.8 Å². The number of pyridine rings is 1. The van der Waals surface area contributed by atoms with Crippen molar-refractivity contribution in [3.63, 3.8) is 0 Å². The highest BCUT2D eigenvalue weighted by molar-refractivity contribution is 9.10. The second kappa shape index (κ2) is 7.97. The van der Waals surface area contributed by atoms with E-state index in [4.69, 9.17) is 0 Å². The van der Waals surface area contributed by atoms with Crippen molar-refractivity contribution in [3.8, 4) is 0 Å². The summed E-state index contributed by atoms with van der Waals surface area (Å²) in [4.78, 5) is 5.63. The van der Waals surface area contributed by atoms with E-state index < -0.39 is 0 Å². The molecule has 0 aliphatic carbocycles. The van der Waals surface area contributed by atoms with Gasteiger partial charge in [-0.05, 0) is 70.7 Å². The summed E-state index contributed by atoms with van der Waals surface area (Å²) < 4.78 is 1.01. The van der Waals surface area contributed by atoms with Crippen LogP contribution in [0.4, 0.5) is 0 Å². The van der Waals surface area contributed by atoms with Crippen molar-refractivity contribution in [3.05, 3.63) is 52.1 Å². The molecule has 0 amide bonds. The van der Waals surface area contributed by atoms with E-state index in [9.17, 15) is 0 Å². The monoisotopic (exact) mass is 364 g/mol. The summed E-state index contributed by atoms with van der Waals surface area (Å²) in [5, 5.41) is 4.51. The Morgan fingerprint density at radius 2 is 2.05 bits per heavy atom. The zero-order chi connectivity index (χ0) is 15.2. The van der Waals surface area contributed by atoms with Crippen molar-refractivity contribution in [2.75, 3.05) is 6.54 Å². The van der Waals surface area contributed by atoms with Gasteiger partial charge < -0.3 is 5.32 Å². The van der Waals surface area contributed by atoms with E-state index >= 15 is 0 Å². The highest BCUT2D eigenvalue weighted by Crippen LogP contribution is 2.28. The van der Waals surface area contributed by atoms with E-state index in [1.54, 1.807) is 11.8 Å². The van der Waals surface area contributed by atoms with E-state index in [1.165, 1.54) is 16.0 Å². The molecule has 0 atom stereocenters. The second-order valence-corrected chi connectivity index (χ2v) is 7.54. The van der Waals surface area contributed by atoms with Gasteiger partial charge in [-0.2, -0.15) is 0 Å². The van der Waals surface area contributed by atoms with Gasteiger partial charge in [-0.1, -0.05) is 31.7 Å². The first kappa shape index (κ1) is 16.5. The first-order valence-electron chi connectivity index (χ1n) is 7.14. The fourth-order valence-corrected chi connectivity index (χ4v) is 3.06. The number of hydrogen-bond acceptors (Lipinski definition) is 3. The van der Waals surface area contributed by atoms with Gasteiger partial charge in [0.05, 0.1) is 0 Å². The standard InChI is InChI=1S/C17H21BrN2S/c1-12(2)9-19-10-14-4-6-16(8-13(14)3)21-17-7-5-15(18)11-20-17/h4-8,11-12,19H,9-10H2,1-3H3. The number of hydrogen-bond donors (Lipinski definition) is 1. The van der Waals surface area contributed by atoms with E-state index in [0.29, 0.717) is 5.92 Å². The molecule has 21 heavy (non-hydrogen) atoms. The molecule has 0 bridgehead atoms. The number of aryl methyl sites for hydroxylation is 1. The number of aromatic nitrogens is 1. The molecule has 4 heteroatoms. The second-order valence-electron chi connectivity index (χ2n) is 5.53. The Balaban J connectivity index is 1.99. The maximum absolute atomic E-state index is 4.40. The Hall–Kier alpha value is -0.840. The predicted octanol–water partition coefficient (Wildman–Crippen LogP) is 5.05. The molecule has 0 saturated heterocycles. The molecule has 0 fully saturated rings. The third-order valence-electron chi connectivity index (χ3n) is 3.10. The molecule has 0 aliphatic heterocycles. The van der Waals surface area contributed by atoms with Crippen LogP contribution in [0.1, 0.15) is 25.0 Å². The van der Waals surface area contributed by atoms with E-state index in [2.05, 4.69) is 65.2 Å². The Bertz CT molecular complexity index is 582. The highest BCUT2D eigenvalue weighted by atomic mass is 79.9. The quantitative estimate of drug-likeness (QED) is 0.776. The van der Waals surface area contributed by atoms with Crippen LogP contribution in [0.25, 0.3) is 0 Å². The lowest BCUT2D eigenvalue weighted by Gasteiger charge is -2.11. The first-order chi connectivity index (χ1) is 10.0. The van der Waals surface area contributed by atoms with E-state index in [0.717, 1.165) is 22.6 Å². The molecule has 1 aromatic carbocycles. The third-order valence-corrected chi connectivity index (χ3v) is 4.51. The molecule has 2 rings (SSSR count). The molecule has 2 aromatic rings. The number of halogens is 1. The Labute approximate surface area is 139 Å². The molecule has 0 spiro atoms. The molecule has 1 heterocycles. The summed E-state index contributed by atoms with van der Waals surface area (Å²) >= 11 is 5.10. The Morgan fingerprint density at radius 1 is 1.24 bits per heavy atom. The van der Waals surface area contributed by atoms with Crippen molar-refractivity contribution in [2.45, 2.75) is 37.2 Å². The molecule has 0 unspecified atom stereocenters. The van der Waals surface area contributed by atoms with Gasteiger partial charge in [0, 0.05) is 22.1 Å². The molecule has 1 N–H and O–H groups in total. The van der Waals surface area contributed by atoms with Crippen LogP contribution in [0.2, 0.25) is 0 Å². The third kappa shape index (κ3) is 5.46. The van der Waals surface area contributed by atoms with Gasteiger partial charge in [0.2, 0.25) is 0 Å². The zero-order valence-corrected chi connectivity index (χ0v) is 15.1. The molecular weight excluding hydrogens is 344 g/mol. The number of nitrogens with zero attached hydrogens (tertiary/aromatic N) is 1. The summed E-state index contributed by atoms with van der Waals surface area (Å²) in [6.45, 7) is 8.62. The largest absolute Gasteiger partial charge is 0.312 e. The molecule has 1 aromatic heterocycles. The topological polar surface area (TPSA) is 24.9 Å². The highest BCUT2D eigenvalue weighted by Gasteiger charge is 2.03. The minimum atomic E-state index is 0.684. The average Bonchev–Trinajstić information content (AvgIpc) is 2.43. The zero-order valence-electron chi connectivity index (χ0n) is 12.7. The summed E-state index contributed by atoms with van der Waals surface area (Å²) in [5.41, 5.74) is 2.69. The molecule has 0 radical (unpaired) electrons. The fraction of sp³-hybridized carbons (Fsp3) is 0.353.